The summed E-state index contributed by atoms with van der Waals surface area (Å²) in [5.74, 6) is -0.0645. The number of nitrogens with one attached hydrogen (secondary N) is 2. The van der Waals surface area contributed by atoms with E-state index >= 15 is 0 Å². The number of allylic oxidation sites excluding steroid dienone is 6. The summed E-state index contributed by atoms with van der Waals surface area (Å²) in [5, 5.41) is 5.55. The molecule has 0 fully saturated rings. The summed E-state index contributed by atoms with van der Waals surface area (Å²) in [6.45, 7) is 17.4. The fourth-order valence-corrected chi connectivity index (χ4v) is 8.19. The second-order valence-electron chi connectivity index (χ2n) is 16.0. The minimum Gasteiger partial charge on any atom is -0.744 e. The van der Waals surface area contributed by atoms with Gasteiger partial charge in [0.05, 0.1) is 15.2 Å². The van der Waals surface area contributed by atoms with Crippen LogP contribution in [0.5, 0.6) is 0 Å². The Hall–Kier alpha value is -2.67. The molecule has 2 aromatic carbocycles. The minimum absolute atomic E-state index is 0. The van der Waals surface area contributed by atoms with Gasteiger partial charge in [0.25, 0.3) is 0 Å². The number of hydrogen-bond acceptors (Lipinski definition) is 10. The zero-order valence-corrected chi connectivity index (χ0v) is 39.4. The van der Waals surface area contributed by atoms with Gasteiger partial charge < -0.3 is 29.4 Å². The molecule has 2 heterocycles. The molecule has 2 aliphatic rings. The van der Waals surface area contributed by atoms with E-state index in [-0.39, 0.29) is 67.1 Å². The molecule has 16 heteroatoms. The Kier molecular flexibility index (Phi) is 16.7. The zero-order chi connectivity index (χ0) is 41.7. The van der Waals surface area contributed by atoms with Crippen molar-refractivity contribution in [1.29, 1.82) is 0 Å². The first kappa shape index (κ1) is 48.7. The molecule has 0 spiro atoms. The van der Waals surface area contributed by atoms with Crippen molar-refractivity contribution in [2.24, 2.45) is 0 Å². The van der Waals surface area contributed by atoms with Crippen LogP contribution in [0, 0.1) is 0 Å². The van der Waals surface area contributed by atoms with Crippen LogP contribution in [-0.2, 0) is 40.6 Å². The van der Waals surface area contributed by atoms with Crippen LogP contribution in [0.3, 0.4) is 0 Å². The second-order valence-corrected chi connectivity index (χ2v) is 18.8. The normalized spacial score (nSPS) is 16.9. The van der Waals surface area contributed by atoms with Gasteiger partial charge in [-0.05, 0) is 103 Å². The Morgan fingerprint density at radius 3 is 2.05 bits per heavy atom. The van der Waals surface area contributed by atoms with Gasteiger partial charge in [-0.25, -0.2) is 21.6 Å². The van der Waals surface area contributed by atoms with E-state index in [4.69, 9.17) is 4.74 Å². The first-order valence-corrected chi connectivity index (χ1v) is 21.7. The molecule has 0 saturated heterocycles. The van der Waals surface area contributed by atoms with E-state index in [9.17, 15) is 35.5 Å². The van der Waals surface area contributed by atoms with Gasteiger partial charge in [-0.1, -0.05) is 32.1 Å². The molecule has 306 valence electrons. The van der Waals surface area contributed by atoms with Crippen molar-refractivity contribution in [3.05, 3.63) is 83.6 Å². The molecule has 0 unspecified atom stereocenters. The number of unbranched alkanes of at least 4 members (excludes halogenated alkanes) is 2. The van der Waals surface area contributed by atoms with E-state index in [1.54, 1.807) is 32.9 Å². The molecule has 0 saturated carbocycles. The Morgan fingerprint density at radius 1 is 0.825 bits per heavy atom. The number of rotatable bonds is 16. The molecule has 2 amide bonds. The predicted octanol–water partition coefficient (Wildman–Crippen LogP) is 3.28. The van der Waals surface area contributed by atoms with Crippen LogP contribution in [0.25, 0.3) is 0 Å². The number of hydrogen-bond donors (Lipinski definition) is 2. The summed E-state index contributed by atoms with van der Waals surface area (Å²) >= 11 is 0. The largest absolute Gasteiger partial charge is 1.00 e. The third kappa shape index (κ3) is 12.4. The maximum absolute atomic E-state index is 12.4. The topological polar surface area (TPSA) is 188 Å². The standard InChI is InChI=1S/C41H56N4O9S2.K/c1-9-44-33-22-20-29(55(48,49)50)27-31(33)40(5,6)35(44)17-12-10-13-18-36-41(7,8)32-28-30(56(51,52)53)21-23-34(32)45(36)26-15-11-14-19-37(46)42-24-16-25-43-38(47)54-39(2,3)4;/h10,12-13,17-18,20-23,27-28H,9,11,14-16,19,24-26H2,1-8H3,(H3-,42,43,46,47,48,49,50,51,52,53);/q;+1/p-1. The summed E-state index contributed by atoms with van der Waals surface area (Å²) in [4.78, 5) is 25.7. The Morgan fingerprint density at radius 2 is 1.44 bits per heavy atom. The number of benzene rings is 2. The molecule has 2 N–H and O–H groups in total. The summed E-state index contributed by atoms with van der Waals surface area (Å²) in [7, 11) is -9.27. The molecule has 4 rings (SSSR count). The van der Waals surface area contributed by atoms with Crippen LogP contribution in [0.2, 0.25) is 0 Å². The van der Waals surface area contributed by atoms with Crippen LogP contribution in [-0.4, -0.2) is 80.0 Å². The van der Waals surface area contributed by atoms with Crippen molar-refractivity contribution in [1.82, 2.24) is 10.6 Å². The average molecular weight is 851 g/mol. The second kappa shape index (κ2) is 19.6. The maximum atomic E-state index is 12.4. The molecule has 2 aromatic rings. The van der Waals surface area contributed by atoms with Crippen LogP contribution < -0.4 is 66.9 Å². The summed E-state index contributed by atoms with van der Waals surface area (Å²) < 4.78 is 78.5. The minimum atomic E-state index is -4.67. The number of likely N-dealkylation sites (N-methyl/N-ethyl adjacent to an activating group) is 1. The number of carbonyl (C=O) groups is 2. The third-order valence-electron chi connectivity index (χ3n) is 9.98. The van der Waals surface area contributed by atoms with Crippen molar-refractivity contribution >= 4 is 49.3 Å². The summed E-state index contributed by atoms with van der Waals surface area (Å²) in [5.41, 5.74) is 3.23. The van der Waals surface area contributed by atoms with E-state index in [2.05, 4.69) is 20.1 Å². The third-order valence-corrected chi connectivity index (χ3v) is 11.6. The van der Waals surface area contributed by atoms with Crippen molar-refractivity contribution in [3.8, 4) is 0 Å². The van der Waals surface area contributed by atoms with Crippen molar-refractivity contribution in [3.63, 3.8) is 0 Å². The van der Waals surface area contributed by atoms with Crippen LogP contribution in [0.15, 0.2) is 82.3 Å². The fraction of sp³-hybridized carbons (Fsp3) is 0.488. The monoisotopic (exact) mass is 850 g/mol. The molecule has 0 atom stereocenters. The van der Waals surface area contributed by atoms with Crippen LogP contribution in [0.1, 0.15) is 98.6 Å². The first-order valence-electron chi connectivity index (χ1n) is 18.9. The van der Waals surface area contributed by atoms with Gasteiger partial charge in [-0.2, -0.15) is 4.58 Å². The van der Waals surface area contributed by atoms with Gasteiger partial charge in [-0.3, -0.25) is 4.79 Å². The summed E-state index contributed by atoms with van der Waals surface area (Å²) in [6.07, 6.45) is 12.3. The van der Waals surface area contributed by atoms with E-state index in [0.29, 0.717) is 45.4 Å². The molecular formula is C41H55KN4O9S2. The number of anilines is 1. The maximum Gasteiger partial charge on any atom is 1.00 e. The van der Waals surface area contributed by atoms with Crippen molar-refractivity contribution in [2.75, 3.05) is 31.1 Å². The Bertz CT molecular complexity index is 2170. The first-order chi connectivity index (χ1) is 26.0. The van der Waals surface area contributed by atoms with Gasteiger partial charge >= 0.3 is 57.5 Å². The quantitative estimate of drug-likeness (QED) is 0.0835. The van der Waals surface area contributed by atoms with Gasteiger partial charge in [0, 0.05) is 67.0 Å². The Labute approximate surface area is 381 Å². The number of nitrogens with zero attached hydrogens (tertiary/aromatic N) is 2. The number of alkyl carbamates (subject to hydrolysis) is 1. The number of fused-ring (bicyclic) bond motifs is 2. The van der Waals surface area contributed by atoms with Gasteiger partial charge in [-0.15, -0.1) is 0 Å². The SMILES string of the molecule is CCN1/C(=C/C=C/C=C/C2=[N+](CCCCCC(=O)NCCCNC(=O)OC(C)(C)C)c3ccc(S(=O)(=O)[O-])cc3C2(C)C)C(C)(C)c2cc(S(=O)(=O)[O-])ccc21.[K+]. The van der Waals surface area contributed by atoms with Gasteiger partial charge in [0.2, 0.25) is 11.6 Å². The Balaban J connectivity index is 0.00000870. The fourth-order valence-electron chi connectivity index (χ4n) is 7.20. The van der Waals surface area contributed by atoms with Gasteiger partial charge in [0.15, 0.2) is 5.71 Å². The number of amides is 2. The van der Waals surface area contributed by atoms with Gasteiger partial charge in [0.1, 0.15) is 32.4 Å². The zero-order valence-electron chi connectivity index (χ0n) is 34.6. The molecule has 13 nitrogen and oxygen atoms in total. The molecule has 0 bridgehead atoms. The molecule has 57 heavy (non-hydrogen) atoms. The number of ether oxygens (including phenoxy) is 1. The molecular weight excluding hydrogens is 796 g/mol. The van der Waals surface area contributed by atoms with E-state index in [0.717, 1.165) is 46.8 Å². The molecule has 0 radical (unpaired) electrons. The number of carbonyl (C=O) groups excluding carboxylic acids is 2. The molecule has 0 aromatic heterocycles. The summed E-state index contributed by atoms with van der Waals surface area (Å²) in [6, 6.07) is 8.96. The van der Waals surface area contributed by atoms with E-state index < -0.39 is 42.8 Å². The molecule has 2 aliphatic heterocycles. The molecule has 0 aliphatic carbocycles. The van der Waals surface area contributed by atoms with Crippen molar-refractivity contribution < 1.29 is 96.2 Å². The van der Waals surface area contributed by atoms with Crippen LogP contribution in [0.4, 0.5) is 16.2 Å². The van der Waals surface area contributed by atoms with Crippen molar-refractivity contribution in [2.45, 2.75) is 114 Å². The van der Waals surface area contributed by atoms with Crippen LogP contribution >= 0.6 is 0 Å². The predicted molar refractivity (Wildman–Crippen MR) is 214 cm³/mol. The van der Waals surface area contributed by atoms with E-state index in [1.165, 1.54) is 24.3 Å². The smallest absolute Gasteiger partial charge is 0.744 e. The average Bonchev–Trinajstić information content (AvgIpc) is 3.43. The van der Waals surface area contributed by atoms with E-state index in [1.807, 2.05) is 65.0 Å².